The number of morpholine rings is 1. The van der Waals surface area contributed by atoms with Crippen LogP contribution in [0.4, 0.5) is 5.69 Å². The van der Waals surface area contributed by atoms with Crippen molar-refractivity contribution in [3.05, 3.63) is 29.8 Å². The number of aryl methyl sites for hydroxylation is 1. The summed E-state index contributed by atoms with van der Waals surface area (Å²) >= 11 is 0. The van der Waals surface area contributed by atoms with E-state index < -0.39 is 0 Å². The minimum absolute atomic E-state index is 0. The zero-order valence-corrected chi connectivity index (χ0v) is 15.0. The van der Waals surface area contributed by atoms with Gasteiger partial charge < -0.3 is 15.8 Å². The van der Waals surface area contributed by atoms with Gasteiger partial charge in [0.25, 0.3) is 0 Å². The van der Waals surface area contributed by atoms with Gasteiger partial charge in [-0.25, -0.2) is 0 Å². The van der Waals surface area contributed by atoms with Crippen molar-refractivity contribution < 1.29 is 4.74 Å². The predicted molar refractivity (Wildman–Crippen MR) is 98.6 cm³/mol. The highest BCUT2D eigenvalue weighted by Crippen LogP contribution is 2.08. The number of nitrogens with zero attached hydrogens (tertiary/aromatic N) is 2. The zero-order valence-electron chi connectivity index (χ0n) is 12.7. The van der Waals surface area contributed by atoms with Crippen LogP contribution >= 0.6 is 24.0 Å². The number of hydrogen-bond acceptors (Lipinski definition) is 3. The Labute approximate surface area is 144 Å². The molecule has 0 aromatic heterocycles. The molecule has 118 valence electrons. The Morgan fingerprint density at radius 1 is 1.33 bits per heavy atom. The van der Waals surface area contributed by atoms with Crippen molar-refractivity contribution in [2.45, 2.75) is 19.9 Å². The molecule has 6 heteroatoms. The summed E-state index contributed by atoms with van der Waals surface area (Å²) in [6.45, 7) is 8.50. The third-order valence-electron chi connectivity index (χ3n) is 3.52. The average molecular weight is 404 g/mol. The summed E-state index contributed by atoms with van der Waals surface area (Å²) in [5, 5.41) is 3.11. The first-order valence-corrected chi connectivity index (χ1v) is 7.10. The second kappa shape index (κ2) is 9.22. The molecular formula is C15H25IN4O. The molecule has 21 heavy (non-hydrogen) atoms. The number of nitrogens with two attached hydrogens (primary N) is 1. The Kier molecular flexibility index (Phi) is 7.98. The maximum Gasteiger partial charge on any atom is 0.193 e. The number of anilines is 1. The van der Waals surface area contributed by atoms with Crippen LogP contribution in [0.5, 0.6) is 0 Å². The van der Waals surface area contributed by atoms with Crippen LogP contribution < -0.4 is 11.1 Å². The Morgan fingerprint density at radius 2 is 1.95 bits per heavy atom. The summed E-state index contributed by atoms with van der Waals surface area (Å²) in [5.41, 5.74) is 8.11. The van der Waals surface area contributed by atoms with Crippen molar-refractivity contribution in [1.29, 1.82) is 0 Å². The number of guanidine groups is 1. The standard InChI is InChI=1S/C15H24N4O.HI/c1-12-3-5-14(6-4-12)18-15(16)17-11-13(2)19-7-9-20-10-8-19;/h3-6,13H,7-11H2,1-2H3,(H3,16,17,18);1H. The Morgan fingerprint density at radius 3 is 2.57 bits per heavy atom. The van der Waals surface area contributed by atoms with Gasteiger partial charge in [0, 0.05) is 24.8 Å². The molecule has 1 aromatic rings. The summed E-state index contributed by atoms with van der Waals surface area (Å²) in [6.07, 6.45) is 0. The highest BCUT2D eigenvalue weighted by Gasteiger charge is 2.16. The van der Waals surface area contributed by atoms with Gasteiger partial charge in [-0.1, -0.05) is 17.7 Å². The van der Waals surface area contributed by atoms with Crippen LogP contribution in [-0.2, 0) is 4.74 Å². The van der Waals surface area contributed by atoms with E-state index in [2.05, 4.69) is 29.1 Å². The molecule has 0 saturated carbocycles. The van der Waals surface area contributed by atoms with Gasteiger partial charge >= 0.3 is 0 Å². The summed E-state index contributed by atoms with van der Waals surface area (Å²) in [6, 6.07) is 8.49. The minimum Gasteiger partial charge on any atom is -0.379 e. The molecule has 1 atom stereocenters. The lowest BCUT2D eigenvalue weighted by Crippen LogP contribution is -2.43. The Hall–Kier alpha value is -0.860. The zero-order chi connectivity index (χ0) is 14.4. The molecule has 1 heterocycles. The topological polar surface area (TPSA) is 62.9 Å². The van der Waals surface area contributed by atoms with Gasteiger partial charge in [0.05, 0.1) is 19.8 Å². The molecule has 1 aromatic carbocycles. The van der Waals surface area contributed by atoms with Crippen molar-refractivity contribution in [3.63, 3.8) is 0 Å². The van der Waals surface area contributed by atoms with Crippen LogP contribution in [0.3, 0.4) is 0 Å². The monoisotopic (exact) mass is 404 g/mol. The molecule has 1 aliphatic heterocycles. The Balaban J connectivity index is 0.00000220. The Bertz CT molecular complexity index is 443. The molecule has 0 amide bonds. The van der Waals surface area contributed by atoms with Crippen molar-refractivity contribution in [2.75, 3.05) is 38.2 Å². The number of rotatable bonds is 4. The summed E-state index contributed by atoms with van der Waals surface area (Å²) < 4.78 is 5.35. The molecule has 1 saturated heterocycles. The number of benzene rings is 1. The van der Waals surface area contributed by atoms with Gasteiger partial charge in [-0.2, -0.15) is 0 Å². The SMILES string of the molecule is Cc1ccc(NC(N)=NCC(C)N2CCOCC2)cc1.I. The van der Waals surface area contributed by atoms with Gasteiger partial charge in [0.15, 0.2) is 5.96 Å². The second-order valence-corrected chi connectivity index (χ2v) is 5.21. The first-order chi connectivity index (χ1) is 9.65. The number of hydrogen-bond donors (Lipinski definition) is 2. The van der Waals surface area contributed by atoms with E-state index in [-0.39, 0.29) is 24.0 Å². The van der Waals surface area contributed by atoms with Crippen molar-refractivity contribution in [2.24, 2.45) is 10.7 Å². The van der Waals surface area contributed by atoms with Crippen LogP contribution in [0.25, 0.3) is 0 Å². The highest BCUT2D eigenvalue weighted by atomic mass is 127. The van der Waals surface area contributed by atoms with E-state index in [1.54, 1.807) is 0 Å². The normalized spacial score (nSPS) is 17.9. The van der Waals surface area contributed by atoms with Gasteiger partial charge in [0.2, 0.25) is 0 Å². The fraction of sp³-hybridized carbons (Fsp3) is 0.533. The van der Waals surface area contributed by atoms with Crippen molar-refractivity contribution >= 4 is 35.6 Å². The number of halogens is 1. The first kappa shape index (κ1) is 18.2. The van der Waals surface area contributed by atoms with Crippen molar-refractivity contribution in [3.8, 4) is 0 Å². The lowest BCUT2D eigenvalue weighted by Gasteiger charge is -2.31. The summed E-state index contributed by atoms with van der Waals surface area (Å²) in [7, 11) is 0. The maximum atomic E-state index is 5.92. The molecule has 1 aliphatic rings. The lowest BCUT2D eigenvalue weighted by atomic mass is 10.2. The van der Waals surface area contributed by atoms with Gasteiger partial charge in [-0.15, -0.1) is 24.0 Å². The van der Waals surface area contributed by atoms with E-state index in [0.29, 0.717) is 18.5 Å². The summed E-state index contributed by atoms with van der Waals surface area (Å²) in [5.74, 6) is 0.467. The number of ether oxygens (including phenoxy) is 1. The molecule has 1 fully saturated rings. The minimum atomic E-state index is 0. The largest absolute Gasteiger partial charge is 0.379 e. The molecule has 5 nitrogen and oxygen atoms in total. The van der Waals surface area contributed by atoms with Gasteiger partial charge in [0.1, 0.15) is 0 Å². The lowest BCUT2D eigenvalue weighted by molar-refractivity contribution is 0.0221. The number of aliphatic imine (C=N–C) groups is 1. The van der Waals surface area contributed by atoms with E-state index in [1.165, 1.54) is 5.56 Å². The predicted octanol–water partition coefficient (Wildman–Crippen LogP) is 2.06. The van der Waals surface area contributed by atoms with Crippen LogP contribution in [0.1, 0.15) is 12.5 Å². The number of nitrogens with one attached hydrogen (secondary N) is 1. The average Bonchev–Trinajstić information content (AvgIpc) is 2.48. The third-order valence-corrected chi connectivity index (χ3v) is 3.52. The van der Waals surface area contributed by atoms with E-state index in [4.69, 9.17) is 10.5 Å². The summed E-state index contributed by atoms with van der Waals surface area (Å²) in [4.78, 5) is 6.80. The van der Waals surface area contributed by atoms with E-state index in [9.17, 15) is 0 Å². The fourth-order valence-corrected chi connectivity index (χ4v) is 2.19. The first-order valence-electron chi connectivity index (χ1n) is 7.10. The van der Waals surface area contributed by atoms with E-state index >= 15 is 0 Å². The van der Waals surface area contributed by atoms with Gasteiger partial charge in [-0.3, -0.25) is 9.89 Å². The van der Waals surface area contributed by atoms with Crippen LogP contribution in [0, 0.1) is 6.92 Å². The van der Waals surface area contributed by atoms with Crippen LogP contribution in [-0.4, -0.2) is 49.7 Å². The van der Waals surface area contributed by atoms with E-state index in [0.717, 1.165) is 32.0 Å². The third kappa shape index (κ3) is 6.19. The molecule has 0 spiro atoms. The maximum absolute atomic E-state index is 5.92. The fourth-order valence-electron chi connectivity index (χ4n) is 2.19. The molecule has 2 rings (SSSR count). The van der Waals surface area contributed by atoms with Gasteiger partial charge in [-0.05, 0) is 26.0 Å². The molecule has 0 bridgehead atoms. The smallest absolute Gasteiger partial charge is 0.193 e. The molecule has 3 N–H and O–H groups in total. The molecule has 0 aliphatic carbocycles. The van der Waals surface area contributed by atoms with Crippen molar-refractivity contribution in [1.82, 2.24) is 4.90 Å². The highest BCUT2D eigenvalue weighted by molar-refractivity contribution is 14.0. The molecule has 1 unspecified atom stereocenters. The van der Waals surface area contributed by atoms with E-state index in [1.807, 2.05) is 24.3 Å². The molecule has 0 radical (unpaired) electrons. The van der Waals surface area contributed by atoms with Crippen LogP contribution in [0.15, 0.2) is 29.3 Å². The molecular weight excluding hydrogens is 379 g/mol. The van der Waals surface area contributed by atoms with Crippen LogP contribution in [0.2, 0.25) is 0 Å². The quantitative estimate of drug-likeness (QED) is 0.458. The second-order valence-electron chi connectivity index (χ2n) is 5.21.